The van der Waals surface area contributed by atoms with Crippen LogP contribution in [0.15, 0.2) is 42.0 Å². The number of carbonyl (C=O) groups is 2. The molecule has 0 aliphatic carbocycles. The highest BCUT2D eigenvalue weighted by atomic mass is 32.1. The van der Waals surface area contributed by atoms with Gasteiger partial charge in [-0.2, -0.15) is 0 Å². The molecule has 6 nitrogen and oxygen atoms in total. The van der Waals surface area contributed by atoms with Crippen LogP contribution in [0.4, 0.5) is 0 Å². The van der Waals surface area contributed by atoms with Crippen molar-refractivity contribution < 1.29 is 14.3 Å². The molecule has 1 atom stereocenters. The molecule has 0 spiro atoms. The zero-order valence-corrected chi connectivity index (χ0v) is 15.7. The molecule has 0 aromatic carbocycles. The van der Waals surface area contributed by atoms with Crippen molar-refractivity contribution in [1.82, 2.24) is 14.8 Å². The first-order valence-electron chi connectivity index (χ1n) is 8.69. The number of hydrogen-bond acceptors (Lipinski definition) is 5. The van der Waals surface area contributed by atoms with Crippen LogP contribution in [0.1, 0.15) is 28.1 Å². The van der Waals surface area contributed by atoms with Crippen LogP contribution in [0.3, 0.4) is 0 Å². The van der Waals surface area contributed by atoms with E-state index < -0.39 is 0 Å². The Morgan fingerprint density at radius 3 is 2.96 bits per heavy atom. The van der Waals surface area contributed by atoms with E-state index in [9.17, 15) is 9.59 Å². The van der Waals surface area contributed by atoms with Gasteiger partial charge < -0.3 is 14.5 Å². The Morgan fingerprint density at radius 2 is 2.27 bits per heavy atom. The Balaban J connectivity index is 1.74. The van der Waals surface area contributed by atoms with Crippen LogP contribution < -0.4 is 0 Å². The number of aromatic nitrogens is 1. The number of nitrogens with zero attached hydrogens (tertiary/aromatic N) is 3. The lowest BCUT2D eigenvalue weighted by molar-refractivity contribution is -0.139. The molecule has 1 aliphatic rings. The Morgan fingerprint density at radius 1 is 1.38 bits per heavy atom. The van der Waals surface area contributed by atoms with E-state index in [1.54, 1.807) is 12.4 Å². The smallest absolute Gasteiger partial charge is 0.263 e. The highest BCUT2D eigenvalue weighted by Gasteiger charge is 2.31. The molecule has 2 aromatic rings. The first-order chi connectivity index (χ1) is 12.7. The van der Waals surface area contributed by atoms with Crippen molar-refractivity contribution in [3.63, 3.8) is 0 Å². The van der Waals surface area contributed by atoms with Crippen molar-refractivity contribution in [3.8, 4) is 0 Å². The molecule has 0 radical (unpaired) electrons. The van der Waals surface area contributed by atoms with Crippen LogP contribution in [0, 0.1) is 0 Å². The van der Waals surface area contributed by atoms with E-state index >= 15 is 0 Å². The standard InChI is InChI=1S/C19H23N3O3S/c1-25-14-18(23)22(12-15-5-2-8-20-11-15)16-6-3-9-21(13-16)19(24)17-7-4-10-26-17/h2,4-5,7-8,10-11,16H,3,6,9,12-14H2,1H3. The van der Waals surface area contributed by atoms with E-state index in [0.717, 1.165) is 29.8 Å². The molecule has 0 saturated carbocycles. The molecule has 3 rings (SSSR count). The number of methoxy groups -OCH3 is 1. The van der Waals surface area contributed by atoms with E-state index in [-0.39, 0.29) is 24.5 Å². The number of pyridine rings is 1. The number of piperidine rings is 1. The fraction of sp³-hybridized carbons (Fsp3) is 0.421. The number of ether oxygens (including phenoxy) is 1. The van der Waals surface area contributed by atoms with E-state index in [0.29, 0.717) is 13.1 Å². The topological polar surface area (TPSA) is 62.7 Å². The molecule has 1 unspecified atom stereocenters. The summed E-state index contributed by atoms with van der Waals surface area (Å²) in [6.07, 6.45) is 5.24. The molecule has 1 saturated heterocycles. The Labute approximate surface area is 157 Å². The minimum atomic E-state index is -0.0632. The maximum absolute atomic E-state index is 12.7. The van der Waals surface area contributed by atoms with Gasteiger partial charge in [0, 0.05) is 45.2 Å². The summed E-state index contributed by atoms with van der Waals surface area (Å²) >= 11 is 1.45. The first kappa shape index (κ1) is 18.5. The van der Waals surface area contributed by atoms with Gasteiger partial charge in [0.1, 0.15) is 6.61 Å². The van der Waals surface area contributed by atoms with Gasteiger partial charge in [-0.3, -0.25) is 14.6 Å². The second-order valence-electron chi connectivity index (χ2n) is 6.34. The molecule has 0 N–H and O–H groups in total. The SMILES string of the molecule is COCC(=O)N(Cc1cccnc1)C1CCCN(C(=O)c2cccs2)C1. The lowest BCUT2D eigenvalue weighted by Gasteiger charge is -2.39. The van der Waals surface area contributed by atoms with Gasteiger partial charge in [-0.05, 0) is 35.9 Å². The summed E-state index contributed by atoms with van der Waals surface area (Å²) < 4.78 is 5.06. The van der Waals surface area contributed by atoms with Gasteiger partial charge in [0.2, 0.25) is 5.91 Å². The third-order valence-electron chi connectivity index (χ3n) is 4.52. The van der Waals surface area contributed by atoms with Crippen LogP contribution in [0.2, 0.25) is 0 Å². The minimum Gasteiger partial charge on any atom is -0.375 e. The quantitative estimate of drug-likeness (QED) is 0.780. The molecular formula is C19H23N3O3S. The molecule has 138 valence electrons. The zero-order valence-electron chi connectivity index (χ0n) is 14.8. The zero-order chi connectivity index (χ0) is 18.4. The number of carbonyl (C=O) groups excluding carboxylic acids is 2. The normalized spacial score (nSPS) is 17.1. The lowest BCUT2D eigenvalue weighted by Crippen LogP contribution is -2.52. The number of amides is 2. The predicted molar refractivity (Wildman–Crippen MR) is 99.9 cm³/mol. The summed E-state index contributed by atoms with van der Waals surface area (Å²) in [4.78, 5) is 33.9. The van der Waals surface area contributed by atoms with Crippen LogP contribution in [0.5, 0.6) is 0 Å². The predicted octanol–water partition coefficient (Wildman–Crippen LogP) is 2.42. The average molecular weight is 373 g/mol. The van der Waals surface area contributed by atoms with Gasteiger partial charge >= 0.3 is 0 Å². The number of rotatable bonds is 6. The van der Waals surface area contributed by atoms with Crippen LogP contribution in [-0.4, -0.2) is 59.4 Å². The van der Waals surface area contributed by atoms with Crippen molar-refractivity contribution in [2.75, 3.05) is 26.8 Å². The van der Waals surface area contributed by atoms with Crippen molar-refractivity contribution >= 4 is 23.2 Å². The Bertz CT molecular complexity index is 721. The van der Waals surface area contributed by atoms with Crippen LogP contribution in [0.25, 0.3) is 0 Å². The fourth-order valence-electron chi connectivity index (χ4n) is 3.27. The Hall–Kier alpha value is -2.25. The monoisotopic (exact) mass is 373 g/mol. The summed E-state index contributed by atoms with van der Waals surface area (Å²) in [5, 5.41) is 1.91. The third-order valence-corrected chi connectivity index (χ3v) is 5.38. The maximum Gasteiger partial charge on any atom is 0.263 e. The molecule has 1 fully saturated rings. The molecule has 0 bridgehead atoms. The molecule has 26 heavy (non-hydrogen) atoms. The molecule has 2 amide bonds. The van der Waals surface area contributed by atoms with E-state index in [2.05, 4.69) is 4.98 Å². The summed E-state index contributed by atoms with van der Waals surface area (Å²) in [6.45, 7) is 1.79. The van der Waals surface area contributed by atoms with Crippen molar-refractivity contribution in [3.05, 3.63) is 52.5 Å². The van der Waals surface area contributed by atoms with Gasteiger partial charge in [0.15, 0.2) is 0 Å². The maximum atomic E-state index is 12.7. The second-order valence-corrected chi connectivity index (χ2v) is 7.29. The first-order valence-corrected chi connectivity index (χ1v) is 9.57. The highest BCUT2D eigenvalue weighted by Crippen LogP contribution is 2.21. The highest BCUT2D eigenvalue weighted by molar-refractivity contribution is 7.12. The van der Waals surface area contributed by atoms with Crippen LogP contribution in [-0.2, 0) is 16.1 Å². The summed E-state index contributed by atoms with van der Waals surface area (Å²) in [6, 6.07) is 7.53. The van der Waals surface area contributed by atoms with E-state index in [1.807, 2.05) is 39.4 Å². The molecular weight excluding hydrogens is 350 g/mol. The lowest BCUT2D eigenvalue weighted by atomic mass is 10.0. The largest absolute Gasteiger partial charge is 0.375 e. The summed E-state index contributed by atoms with van der Waals surface area (Å²) in [7, 11) is 1.52. The summed E-state index contributed by atoms with van der Waals surface area (Å²) in [5.41, 5.74) is 0.971. The third kappa shape index (κ3) is 4.47. The van der Waals surface area contributed by atoms with Gasteiger partial charge in [0.05, 0.1) is 4.88 Å². The van der Waals surface area contributed by atoms with Gasteiger partial charge in [0.25, 0.3) is 5.91 Å². The minimum absolute atomic E-state index is 0.0180. The average Bonchev–Trinajstić information content (AvgIpc) is 3.21. The van der Waals surface area contributed by atoms with Crippen molar-refractivity contribution in [2.45, 2.75) is 25.4 Å². The molecule has 1 aliphatic heterocycles. The van der Waals surface area contributed by atoms with E-state index in [1.165, 1.54) is 18.4 Å². The number of hydrogen-bond donors (Lipinski definition) is 0. The molecule has 7 heteroatoms. The molecule has 2 aromatic heterocycles. The van der Waals surface area contributed by atoms with Crippen molar-refractivity contribution in [2.24, 2.45) is 0 Å². The fourth-order valence-corrected chi connectivity index (χ4v) is 3.96. The Kier molecular flexibility index (Phi) is 6.35. The van der Waals surface area contributed by atoms with Gasteiger partial charge in [-0.1, -0.05) is 12.1 Å². The van der Waals surface area contributed by atoms with Gasteiger partial charge in [-0.25, -0.2) is 0 Å². The second kappa shape index (κ2) is 8.91. The number of likely N-dealkylation sites (tertiary alicyclic amines) is 1. The van der Waals surface area contributed by atoms with Crippen molar-refractivity contribution in [1.29, 1.82) is 0 Å². The molecule has 3 heterocycles. The van der Waals surface area contributed by atoms with Crippen LogP contribution >= 0.6 is 11.3 Å². The van der Waals surface area contributed by atoms with Gasteiger partial charge in [-0.15, -0.1) is 11.3 Å². The number of thiophene rings is 1. The van der Waals surface area contributed by atoms with E-state index in [4.69, 9.17) is 4.74 Å². The summed E-state index contributed by atoms with van der Waals surface area (Å²) in [5.74, 6) is -0.0167.